The van der Waals surface area contributed by atoms with E-state index in [1.165, 1.54) is 24.3 Å². The lowest BCUT2D eigenvalue weighted by molar-refractivity contribution is 0.620. The second-order valence-electron chi connectivity index (χ2n) is 7.47. The molecule has 0 aliphatic heterocycles. The quantitative estimate of drug-likeness (QED) is 0.504. The summed E-state index contributed by atoms with van der Waals surface area (Å²) >= 11 is 0. The maximum Gasteiger partial charge on any atom is 0.158 e. The Morgan fingerprint density at radius 2 is 0.719 bits per heavy atom. The van der Waals surface area contributed by atoms with Crippen LogP contribution in [0.4, 0.5) is 8.78 Å². The first-order valence-electron chi connectivity index (χ1n) is 9.58. The van der Waals surface area contributed by atoms with Gasteiger partial charge in [0.15, 0.2) is 11.6 Å². The van der Waals surface area contributed by atoms with Gasteiger partial charge in [0.05, 0.1) is 22.3 Å². The number of nitrogens with zero attached hydrogens (tertiary/aromatic N) is 4. The average molecular weight is 422 g/mol. The minimum absolute atomic E-state index is 0.215. The average Bonchev–Trinajstić information content (AvgIpc) is 2.79. The van der Waals surface area contributed by atoms with Gasteiger partial charge in [0.25, 0.3) is 0 Å². The molecule has 0 amide bonds. The van der Waals surface area contributed by atoms with Crippen molar-refractivity contribution in [1.29, 1.82) is 21.0 Å². The van der Waals surface area contributed by atoms with Crippen LogP contribution < -0.4 is 0 Å². The molecule has 0 radical (unpaired) electrons. The molecule has 0 saturated carbocycles. The van der Waals surface area contributed by atoms with Crippen LogP contribution in [-0.2, 0) is 0 Å². The lowest BCUT2D eigenvalue weighted by atomic mass is 9.82. The molecule has 0 heterocycles. The molecule has 154 valence electrons. The van der Waals surface area contributed by atoms with E-state index in [9.17, 15) is 29.8 Å². The second kappa shape index (κ2) is 8.31. The molecule has 0 atom stereocenters. The summed E-state index contributed by atoms with van der Waals surface area (Å²) in [7, 11) is 0. The highest BCUT2D eigenvalue weighted by molar-refractivity contribution is 5.84. The van der Waals surface area contributed by atoms with Gasteiger partial charge in [0, 0.05) is 0 Å². The zero-order valence-electron chi connectivity index (χ0n) is 17.9. The molecule has 0 aliphatic carbocycles. The number of benzene rings is 3. The molecule has 0 spiro atoms. The summed E-state index contributed by atoms with van der Waals surface area (Å²) in [5.41, 5.74) is 5.05. The van der Waals surface area contributed by atoms with E-state index in [4.69, 9.17) is 0 Å². The number of hydrogen-bond acceptors (Lipinski definition) is 4. The third kappa shape index (κ3) is 3.35. The molecule has 3 rings (SSSR count). The van der Waals surface area contributed by atoms with E-state index in [1.807, 2.05) is 27.7 Å². The van der Waals surface area contributed by atoms with Gasteiger partial charge in [-0.15, -0.1) is 0 Å². The third-order valence-corrected chi connectivity index (χ3v) is 5.83. The van der Waals surface area contributed by atoms with Gasteiger partial charge >= 0.3 is 0 Å². The smallest absolute Gasteiger partial charge is 0.158 e. The summed E-state index contributed by atoms with van der Waals surface area (Å²) in [5, 5.41) is 37.2. The van der Waals surface area contributed by atoms with Crippen molar-refractivity contribution in [2.75, 3.05) is 0 Å². The van der Waals surface area contributed by atoms with Crippen LogP contribution in [0.15, 0.2) is 24.3 Å². The van der Waals surface area contributed by atoms with Crippen LogP contribution in [-0.4, -0.2) is 0 Å². The van der Waals surface area contributed by atoms with E-state index in [0.29, 0.717) is 11.1 Å². The first kappa shape index (κ1) is 22.2. The van der Waals surface area contributed by atoms with Crippen molar-refractivity contribution in [2.24, 2.45) is 0 Å². The van der Waals surface area contributed by atoms with Crippen LogP contribution >= 0.6 is 0 Å². The molecule has 0 aliphatic rings. The van der Waals surface area contributed by atoms with Crippen molar-refractivity contribution in [3.8, 4) is 46.5 Å². The molecule has 0 aromatic heterocycles. The highest BCUT2D eigenvalue weighted by atomic mass is 19.1. The minimum atomic E-state index is -0.849. The number of rotatable bonds is 2. The molecule has 0 bridgehead atoms. The molecule has 4 nitrogen and oxygen atoms in total. The predicted molar refractivity (Wildman–Crippen MR) is 115 cm³/mol. The van der Waals surface area contributed by atoms with Crippen molar-refractivity contribution in [3.63, 3.8) is 0 Å². The van der Waals surface area contributed by atoms with Gasteiger partial charge in [-0.1, -0.05) is 0 Å². The van der Waals surface area contributed by atoms with Crippen LogP contribution in [0, 0.1) is 84.7 Å². The minimum Gasteiger partial charge on any atom is -0.204 e. The first-order valence-corrected chi connectivity index (χ1v) is 9.58. The third-order valence-electron chi connectivity index (χ3n) is 5.83. The van der Waals surface area contributed by atoms with Crippen molar-refractivity contribution in [1.82, 2.24) is 0 Å². The molecular formula is C26H16F2N4. The molecule has 0 saturated heterocycles. The molecule has 3 aromatic carbocycles. The van der Waals surface area contributed by atoms with Crippen LogP contribution in [0.25, 0.3) is 22.3 Å². The molecule has 3 aromatic rings. The lowest BCUT2D eigenvalue weighted by Crippen LogP contribution is -2.02. The highest BCUT2D eigenvalue weighted by Gasteiger charge is 2.21. The molecule has 0 unspecified atom stereocenters. The van der Waals surface area contributed by atoms with Gasteiger partial charge in [0.1, 0.15) is 24.3 Å². The van der Waals surface area contributed by atoms with E-state index in [2.05, 4.69) is 0 Å². The van der Waals surface area contributed by atoms with E-state index in [-0.39, 0.29) is 22.3 Å². The fourth-order valence-corrected chi connectivity index (χ4v) is 4.04. The Morgan fingerprint density at radius 1 is 0.500 bits per heavy atom. The van der Waals surface area contributed by atoms with E-state index in [1.54, 1.807) is 24.3 Å². The van der Waals surface area contributed by atoms with Crippen molar-refractivity contribution >= 4 is 0 Å². The Bertz CT molecular complexity index is 1260. The summed E-state index contributed by atoms with van der Waals surface area (Å²) < 4.78 is 28.5. The van der Waals surface area contributed by atoms with Gasteiger partial charge in [0.2, 0.25) is 0 Å². The van der Waals surface area contributed by atoms with Crippen LogP contribution in [0.5, 0.6) is 0 Å². The normalized spacial score (nSPS) is 10.1. The standard InChI is InChI=1S/C26H16F2N4/c1-13-14(2)24(18-7-21(11-31)26(28)22(8-18)12-32)16(4)15(3)23(13)17-5-19(9-29)25(27)20(6-17)10-30/h5-8H,1-4H3. The molecule has 0 fully saturated rings. The molecule has 32 heavy (non-hydrogen) atoms. The van der Waals surface area contributed by atoms with Crippen LogP contribution in [0.2, 0.25) is 0 Å². The Balaban J connectivity index is 2.39. The van der Waals surface area contributed by atoms with Gasteiger partial charge < -0.3 is 0 Å². The lowest BCUT2D eigenvalue weighted by Gasteiger charge is -2.22. The topological polar surface area (TPSA) is 95.2 Å². The largest absolute Gasteiger partial charge is 0.204 e. The number of halogens is 2. The molecule has 6 heteroatoms. The van der Waals surface area contributed by atoms with Gasteiger partial charge in [-0.25, -0.2) is 8.78 Å². The number of hydrogen-bond donors (Lipinski definition) is 0. The van der Waals surface area contributed by atoms with Crippen LogP contribution in [0.1, 0.15) is 44.5 Å². The maximum absolute atomic E-state index is 14.3. The van der Waals surface area contributed by atoms with Crippen molar-refractivity contribution < 1.29 is 8.78 Å². The van der Waals surface area contributed by atoms with Crippen LogP contribution in [0.3, 0.4) is 0 Å². The zero-order chi connectivity index (χ0) is 23.7. The Labute approximate surface area is 184 Å². The zero-order valence-corrected chi connectivity index (χ0v) is 17.9. The van der Waals surface area contributed by atoms with E-state index < -0.39 is 11.6 Å². The Hall–Kier alpha value is -4.52. The summed E-state index contributed by atoms with van der Waals surface area (Å²) in [6, 6.07) is 12.9. The fourth-order valence-electron chi connectivity index (χ4n) is 4.04. The van der Waals surface area contributed by atoms with E-state index in [0.717, 1.165) is 33.4 Å². The Morgan fingerprint density at radius 3 is 0.906 bits per heavy atom. The summed E-state index contributed by atoms with van der Waals surface area (Å²) in [4.78, 5) is 0. The number of nitriles is 4. The molecular weight excluding hydrogens is 406 g/mol. The monoisotopic (exact) mass is 422 g/mol. The van der Waals surface area contributed by atoms with Crippen molar-refractivity contribution in [3.05, 3.63) is 80.4 Å². The first-order chi connectivity index (χ1) is 15.2. The van der Waals surface area contributed by atoms with Gasteiger partial charge in [-0.2, -0.15) is 21.0 Å². The van der Waals surface area contributed by atoms with Gasteiger partial charge in [-0.3, -0.25) is 0 Å². The fraction of sp³-hybridized carbons (Fsp3) is 0.154. The van der Waals surface area contributed by atoms with E-state index >= 15 is 0 Å². The maximum atomic E-state index is 14.3. The predicted octanol–water partition coefficient (Wildman–Crippen LogP) is 6.02. The SMILES string of the molecule is Cc1c(C)c(-c2cc(C#N)c(F)c(C#N)c2)c(C)c(C)c1-c1cc(C#N)c(F)c(C#N)c1. The molecule has 0 N–H and O–H groups in total. The summed E-state index contributed by atoms with van der Waals surface area (Å²) in [6.07, 6.45) is 0. The summed E-state index contributed by atoms with van der Waals surface area (Å²) in [6.45, 7) is 7.45. The van der Waals surface area contributed by atoms with Crippen molar-refractivity contribution in [2.45, 2.75) is 27.7 Å². The highest BCUT2D eigenvalue weighted by Crippen LogP contribution is 2.40. The van der Waals surface area contributed by atoms with Gasteiger partial charge in [-0.05, 0) is 96.5 Å². The second-order valence-corrected chi connectivity index (χ2v) is 7.47. The summed E-state index contributed by atoms with van der Waals surface area (Å²) in [5.74, 6) is -1.70. The Kier molecular flexibility index (Phi) is 5.76.